The molecule has 2 amide bonds. The minimum absolute atomic E-state index is 0.328. The van der Waals surface area contributed by atoms with E-state index in [0.29, 0.717) is 28.3 Å². The molecule has 1 heterocycles. The summed E-state index contributed by atoms with van der Waals surface area (Å²) >= 11 is 5.90. The lowest BCUT2D eigenvalue weighted by molar-refractivity contribution is -0.117. The third kappa shape index (κ3) is 1.91. The Bertz CT molecular complexity index is 523. The lowest BCUT2D eigenvalue weighted by Crippen LogP contribution is -2.24. The average Bonchev–Trinajstić information content (AvgIpc) is 2.51. The van der Waals surface area contributed by atoms with Gasteiger partial charge in [0.15, 0.2) is 0 Å². The van der Waals surface area contributed by atoms with E-state index < -0.39 is 0 Å². The van der Waals surface area contributed by atoms with Crippen LogP contribution in [0.25, 0.3) is 5.57 Å². The molecular weight excluding hydrogens is 240 g/mol. The van der Waals surface area contributed by atoms with Crippen molar-refractivity contribution < 1.29 is 9.59 Å². The van der Waals surface area contributed by atoms with E-state index >= 15 is 0 Å². The number of anilines is 1. The maximum atomic E-state index is 12.0. The summed E-state index contributed by atoms with van der Waals surface area (Å²) in [5.41, 5.74) is 1.73. The largest absolute Gasteiger partial charge is 0.383 e. The Morgan fingerprint density at radius 3 is 2.65 bits per heavy atom. The predicted molar refractivity (Wildman–Crippen MR) is 66.7 cm³/mol. The van der Waals surface area contributed by atoms with Gasteiger partial charge in [-0.25, -0.2) is 4.90 Å². The standard InChI is InChI=1S/C12H11ClN2O2/c1-14(2)6-10-9-5-8(13)3-4-11(9)15(7-16)12(10)17/h3-7H,1-2H3. The zero-order valence-corrected chi connectivity index (χ0v) is 10.2. The van der Waals surface area contributed by atoms with Crippen molar-refractivity contribution in [1.82, 2.24) is 4.90 Å². The summed E-state index contributed by atoms with van der Waals surface area (Å²) in [6, 6.07) is 5.01. The summed E-state index contributed by atoms with van der Waals surface area (Å²) < 4.78 is 0. The molecule has 0 aromatic heterocycles. The van der Waals surface area contributed by atoms with E-state index in [1.165, 1.54) is 0 Å². The maximum Gasteiger partial charge on any atom is 0.267 e. The molecule has 1 aromatic rings. The summed E-state index contributed by atoms with van der Waals surface area (Å²) in [5.74, 6) is -0.328. The first-order valence-electron chi connectivity index (χ1n) is 5.01. The van der Waals surface area contributed by atoms with Gasteiger partial charge in [0.2, 0.25) is 6.41 Å². The molecule has 0 radical (unpaired) electrons. The molecule has 1 aliphatic heterocycles. The quantitative estimate of drug-likeness (QED) is 0.593. The minimum atomic E-state index is -0.328. The Kier molecular flexibility index (Phi) is 2.90. The van der Waals surface area contributed by atoms with Crippen LogP contribution in [0.1, 0.15) is 5.56 Å². The normalized spacial score (nSPS) is 16.3. The zero-order valence-electron chi connectivity index (χ0n) is 9.48. The van der Waals surface area contributed by atoms with Gasteiger partial charge in [0.05, 0.1) is 11.3 Å². The molecule has 0 saturated carbocycles. The van der Waals surface area contributed by atoms with Crippen molar-refractivity contribution in [2.24, 2.45) is 0 Å². The molecule has 4 nitrogen and oxygen atoms in total. The number of imide groups is 1. The molecule has 0 saturated heterocycles. The van der Waals surface area contributed by atoms with Crippen LogP contribution in [-0.4, -0.2) is 31.3 Å². The smallest absolute Gasteiger partial charge is 0.267 e. The van der Waals surface area contributed by atoms with Crippen LogP contribution in [0.4, 0.5) is 5.69 Å². The molecule has 0 N–H and O–H groups in total. The number of hydrogen-bond donors (Lipinski definition) is 0. The molecule has 88 valence electrons. The lowest BCUT2D eigenvalue weighted by Gasteiger charge is -2.07. The van der Waals surface area contributed by atoms with Gasteiger partial charge in [0.1, 0.15) is 0 Å². The van der Waals surface area contributed by atoms with Gasteiger partial charge in [0.25, 0.3) is 5.91 Å². The van der Waals surface area contributed by atoms with Crippen molar-refractivity contribution in [2.45, 2.75) is 0 Å². The Balaban J connectivity index is 2.63. The van der Waals surface area contributed by atoms with Crippen LogP contribution in [0.2, 0.25) is 5.02 Å². The molecule has 0 spiro atoms. The van der Waals surface area contributed by atoms with E-state index in [9.17, 15) is 9.59 Å². The fourth-order valence-electron chi connectivity index (χ4n) is 1.78. The van der Waals surface area contributed by atoms with Crippen molar-refractivity contribution >= 4 is 35.2 Å². The molecule has 0 bridgehead atoms. The summed E-state index contributed by atoms with van der Waals surface area (Å²) in [7, 11) is 3.63. The van der Waals surface area contributed by atoms with Crippen LogP contribution in [0.5, 0.6) is 0 Å². The number of rotatable bonds is 2. The molecular formula is C12H11ClN2O2. The Morgan fingerprint density at radius 1 is 1.35 bits per heavy atom. The van der Waals surface area contributed by atoms with Crippen LogP contribution >= 0.6 is 11.6 Å². The van der Waals surface area contributed by atoms with E-state index in [2.05, 4.69) is 0 Å². The van der Waals surface area contributed by atoms with Crippen molar-refractivity contribution in [3.05, 3.63) is 35.0 Å². The Labute approximate surface area is 104 Å². The van der Waals surface area contributed by atoms with Crippen LogP contribution in [0, 0.1) is 0 Å². The first-order chi connectivity index (χ1) is 8.04. The van der Waals surface area contributed by atoms with Crippen molar-refractivity contribution in [1.29, 1.82) is 0 Å². The SMILES string of the molecule is CN(C)C=C1C(=O)N(C=O)c2ccc(Cl)cc21. The van der Waals surface area contributed by atoms with Crippen LogP contribution in [0.15, 0.2) is 24.4 Å². The van der Waals surface area contributed by atoms with Crippen molar-refractivity contribution in [3.63, 3.8) is 0 Å². The molecule has 0 aliphatic carbocycles. The van der Waals surface area contributed by atoms with E-state index in [-0.39, 0.29) is 5.91 Å². The molecule has 1 aliphatic rings. The molecule has 17 heavy (non-hydrogen) atoms. The first kappa shape index (κ1) is 11.7. The van der Waals surface area contributed by atoms with Gasteiger partial charge in [0, 0.05) is 30.9 Å². The van der Waals surface area contributed by atoms with Gasteiger partial charge in [-0.3, -0.25) is 9.59 Å². The summed E-state index contributed by atoms with van der Waals surface area (Å²) in [4.78, 5) is 25.8. The third-order valence-corrected chi connectivity index (χ3v) is 2.69. The highest BCUT2D eigenvalue weighted by atomic mass is 35.5. The minimum Gasteiger partial charge on any atom is -0.383 e. The number of nitrogens with zero attached hydrogens (tertiary/aromatic N) is 2. The molecule has 2 rings (SSSR count). The number of amides is 2. The molecule has 0 fully saturated rings. The zero-order chi connectivity index (χ0) is 12.6. The maximum absolute atomic E-state index is 12.0. The second kappa shape index (κ2) is 4.22. The van der Waals surface area contributed by atoms with Crippen molar-refractivity contribution in [2.75, 3.05) is 19.0 Å². The summed E-state index contributed by atoms with van der Waals surface area (Å²) in [6.45, 7) is 0. The van der Waals surface area contributed by atoms with E-state index in [0.717, 1.165) is 4.90 Å². The molecule has 0 atom stereocenters. The van der Waals surface area contributed by atoms with Gasteiger partial charge >= 0.3 is 0 Å². The fraction of sp³-hybridized carbons (Fsp3) is 0.167. The molecule has 0 unspecified atom stereocenters. The van der Waals surface area contributed by atoms with E-state index in [1.54, 1.807) is 29.3 Å². The second-order valence-corrected chi connectivity index (χ2v) is 4.38. The van der Waals surface area contributed by atoms with E-state index in [4.69, 9.17) is 11.6 Å². The number of hydrogen-bond acceptors (Lipinski definition) is 3. The average molecular weight is 251 g/mol. The summed E-state index contributed by atoms with van der Waals surface area (Å²) in [5, 5.41) is 0.536. The molecule has 1 aromatic carbocycles. The first-order valence-corrected chi connectivity index (χ1v) is 5.39. The third-order valence-electron chi connectivity index (χ3n) is 2.45. The highest BCUT2D eigenvalue weighted by molar-refractivity contribution is 6.38. The predicted octanol–water partition coefficient (Wildman–Crippen LogP) is 1.75. The Morgan fingerprint density at radius 2 is 2.06 bits per heavy atom. The van der Waals surface area contributed by atoms with Gasteiger partial charge < -0.3 is 4.90 Å². The number of benzene rings is 1. The summed E-state index contributed by atoms with van der Waals surface area (Å²) in [6.07, 6.45) is 2.20. The fourth-order valence-corrected chi connectivity index (χ4v) is 1.95. The van der Waals surface area contributed by atoms with Crippen LogP contribution < -0.4 is 4.90 Å². The topological polar surface area (TPSA) is 40.6 Å². The Hall–Kier alpha value is -1.81. The van der Waals surface area contributed by atoms with Crippen LogP contribution in [0.3, 0.4) is 0 Å². The van der Waals surface area contributed by atoms with E-state index in [1.807, 2.05) is 14.1 Å². The van der Waals surface area contributed by atoms with Crippen LogP contribution in [-0.2, 0) is 9.59 Å². The molecule has 5 heteroatoms. The monoisotopic (exact) mass is 250 g/mol. The lowest BCUT2D eigenvalue weighted by atomic mass is 10.1. The highest BCUT2D eigenvalue weighted by Crippen LogP contribution is 2.37. The van der Waals surface area contributed by atoms with Gasteiger partial charge in [-0.2, -0.15) is 0 Å². The number of fused-ring (bicyclic) bond motifs is 1. The number of carbonyl (C=O) groups is 2. The number of carbonyl (C=O) groups excluding carboxylic acids is 2. The second-order valence-electron chi connectivity index (χ2n) is 3.95. The van der Waals surface area contributed by atoms with Gasteiger partial charge in [-0.15, -0.1) is 0 Å². The van der Waals surface area contributed by atoms with Crippen molar-refractivity contribution in [3.8, 4) is 0 Å². The highest BCUT2D eigenvalue weighted by Gasteiger charge is 2.32. The van der Waals surface area contributed by atoms with Gasteiger partial charge in [-0.1, -0.05) is 11.6 Å². The van der Waals surface area contributed by atoms with Gasteiger partial charge in [-0.05, 0) is 18.2 Å². The number of halogens is 1.